The molecule has 1 heterocycles. The SMILES string of the molecule is O=C(CN(C(=O)c1ccc([N+](=O)[O-])cc1)N1C(=O)[C@@H]2[C@@H](C1=O)[C@@]1(Cl)C(Cl)=C(Cl)[C@@]2(Cl)C1(Cl)Cl)c1ccc(F)cc1. The first-order chi connectivity index (χ1) is 18.6. The quantitative estimate of drug-likeness (QED) is 0.133. The third-order valence-electron chi connectivity index (χ3n) is 7.15. The molecular formula is C24H12Cl6FN3O6. The number of nitrogens with zero attached hydrogens (tertiary/aromatic N) is 3. The molecule has 2 fully saturated rings. The number of non-ortho nitro benzene ring substituents is 1. The maximum Gasteiger partial charge on any atom is 0.273 e. The van der Waals surface area contributed by atoms with E-state index < -0.39 is 66.7 Å². The van der Waals surface area contributed by atoms with E-state index in [9.17, 15) is 33.7 Å². The van der Waals surface area contributed by atoms with E-state index >= 15 is 0 Å². The summed E-state index contributed by atoms with van der Waals surface area (Å²) in [4.78, 5) is 60.5. The van der Waals surface area contributed by atoms with E-state index in [1.807, 2.05) is 0 Å². The average Bonchev–Trinajstić information content (AvgIpc) is 3.30. The molecule has 0 N–H and O–H groups in total. The van der Waals surface area contributed by atoms with Crippen molar-refractivity contribution in [2.24, 2.45) is 11.8 Å². The number of fused-ring (bicyclic) bond motifs is 5. The van der Waals surface area contributed by atoms with Crippen molar-refractivity contribution in [3.63, 3.8) is 0 Å². The van der Waals surface area contributed by atoms with E-state index in [0.29, 0.717) is 10.0 Å². The summed E-state index contributed by atoms with van der Waals surface area (Å²) in [6.07, 6.45) is 0. The second kappa shape index (κ2) is 9.54. The lowest BCUT2D eigenvalue weighted by atomic mass is 9.84. The van der Waals surface area contributed by atoms with Gasteiger partial charge >= 0.3 is 0 Å². The summed E-state index contributed by atoms with van der Waals surface area (Å²) in [6, 6.07) is 8.52. The molecule has 2 bridgehead atoms. The van der Waals surface area contributed by atoms with Crippen LogP contribution in [0.2, 0.25) is 0 Å². The van der Waals surface area contributed by atoms with Crippen LogP contribution >= 0.6 is 69.6 Å². The highest BCUT2D eigenvalue weighted by atomic mass is 35.5. The smallest absolute Gasteiger partial charge is 0.273 e. The Morgan fingerprint density at radius 3 is 1.77 bits per heavy atom. The molecule has 0 radical (unpaired) electrons. The molecule has 40 heavy (non-hydrogen) atoms. The molecule has 1 aliphatic heterocycles. The first-order valence-electron chi connectivity index (χ1n) is 11.1. The molecule has 1 saturated heterocycles. The molecular weight excluding hydrogens is 658 g/mol. The molecule has 3 aliphatic rings. The highest BCUT2D eigenvalue weighted by Crippen LogP contribution is 2.77. The first kappa shape index (κ1) is 29.0. The molecule has 5 rings (SSSR count). The van der Waals surface area contributed by atoms with Gasteiger partial charge in [0.25, 0.3) is 23.4 Å². The van der Waals surface area contributed by atoms with Gasteiger partial charge in [-0.2, -0.15) is 5.01 Å². The van der Waals surface area contributed by atoms with Gasteiger partial charge in [0.1, 0.15) is 22.1 Å². The molecule has 208 valence electrons. The van der Waals surface area contributed by atoms with Crippen molar-refractivity contribution in [2.45, 2.75) is 14.1 Å². The standard InChI is InChI=1S/C24H12Cl6FN3O6/c25-17-18(26)23(28)16-15(22(17,27)24(23,29)30)20(37)33(21(16)38)32(9-14(35)10-1-5-12(31)6-2-10)19(36)11-3-7-13(8-4-11)34(39)40/h1-8,15-16H,9H2/t15-,16-,22+,23+/m0/s1. The van der Waals surface area contributed by atoms with Crippen LogP contribution in [0.1, 0.15) is 20.7 Å². The minimum absolute atomic E-state index is 0.0434. The van der Waals surface area contributed by atoms with Gasteiger partial charge in [-0.3, -0.25) is 29.3 Å². The fraction of sp³-hybridized carbons (Fsp3) is 0.250. The number of Topliss-reactive ketones (excluding diaryl/α,β-unsaturated/α-hetero) is 1. The van der Waals surface area contributed by atoms with Crippen molar-refractivity contribution in [1.29, 1.82) is 0 Å². The number of allylic oxidation sites excluding steroid dienone is 2. The van der Waals surface area contributed by atoms with Crippen molar-refractivity contribution in [3.05, 3.63) is 85.7 Å². The van der Waals surface area contributed by atoms with E-state index in [2.05, 4.69) is 0 Å². The number of alkyl halides is 4. The highest BCUT2D eigenvalue weighted by molar-refractivity contribution is 6.66. The summed E-state index contributed by atoms with van der Waals surface area (Å²) >= 11 is 39.1. The van der Waals surface area contributed by atoms with E-state index in [4.69, 9.17) is 69.6 Å². The molecule has 0 aromatic heterocycles. The number of hydrogen-bond acceptors (Lipinski definition) is 6. The second-order valence-corrected chi connectivity index (χ2v) is 12.4. The third kappa shape index (κ3) is 3.66. The zero-order valence-electron chi connectivity index (χ0n) is 19.4. The Hall–Kier alpha value is -2.47. The fourth-order valence-electron chi connectivity index (χ4n) is 5.19. The normalized spacial score (nSPS) is 28.2. The topological polar surface area (TPSA) is 118 Å². The fourth-order valence-corrected chi connectivity index (χ4v) is 8.12. The molecule has 0 spiro atoms. The summed E-state index contributed by atoms with van der Waals surface area (Å²) in [5.74, 6) is -7.83. The molecule has 2 aromatic rings. The number of carbonyl (C=O) groups excluding carboxylic acids is 4. The Morgan fingerprint density at radius 1 is 0.875 bits per heavy atom. The Bertz CT molecular complexity index is 1510. The number of benzene rings is 2. The number of carbonyl (C=O) groups is 4. The van der Waals surface area contributed by atoms with Gasteiger partial charge < -0.3 is 0 Å². The van der Waals surface area contributed by atoms with Crippen LogP contribution in [-0.4, -0.2) is 59.1 Å². The number of halogens is 7. The minimum atomic E-state index is -2.22. The molecule has 2 aromatic carbocycles. The van der Waals surface area contributed by atoms with Gasteiger partial charge in [0.15, 0.2) is 10.1 Å². The van der Waals surface area contributed by atoms with Gasteiger partial charge in [0.2, 0.25) is 0 Å². The number of nitro benzene ring substituents is 1. The number of ketones is 1. The molecule has 4 atom stereocenters. The van der Waals surface area contributed by atoms with Gasteiger partial charge in [-0.05, 0) is 36.4 Å². The monoisotopic (exact) mass is 667 g/mol. The lowest BCUT2D eigenvalue weighted by Crippen LogP contribution is -2.56. The Kier molecular flexibility index (Phi) is 6.92. The van der Waals surface area contributed by atoms with Crippen LogP contribution in [0.5, 0.6) is 0 Å². The molecule has 16 heteroatoms. The Morgan fingerprint density at radius 2 is 1.32 bits per heavy atom. The number of hydrogen-bond donors (Lipinski definition) is 0. The van der Waals surface area contributed by atoms with Crippen LogP contribution in [0.25, 0.3) is 0 Å². The number of imide groups is 1. The summed E-state index contributed by atoms with van der Waals surface area (Å²) in [5.41, 5.74) is -0.593. The predicted octanol–water partition coefficient (Wildman–Crippen LogP) is 5.42. The zero-order valence-corrected chi connectivity index (χ0v) is 24.0. The van der Waals surface area contributed by atoms with E-state index in [-0.39, 0.29) is 26.9 Å². The van der Waals surface area contributed by atoms with E-state index in [1.165, 1.54) is 0 Å². The van der Waals surface area contributed by atoms with Crippen molar-refractivity contribution >= 4 is 98.8 Å². The van der Waals surface area contributed by atoms with Crippen molar-refractivity contribution in [3.8, 4) is 0 Å². The molecule has 2 aliphatic carbocycles. The number of rotatable bonds is 6. The number of hydrazine groups is 1. The van der Waals surface area contributed by atoms with E-state index in [1.54, 1.807) is 0 Å². The largest absolute Gasteiger partial charge is 0.292 e. The van der Waals surface area contributed by atoms with Crippen LogP contribution in [0, 0.1) is 27.8 Å². The third-order valence-corrected chi connectivity index (χ3v) is 11.4. The first-order valence-corrected chi connectivity index (χ1v) is 13.4. The molecule has 3 amide bonds. The highest BCUT2D eigenvalue weighted by Gasteiger charge is 2.88. The van der Waals surface area contributed by atoms with Crippen molar-refractivity contribution in [1.82, 2.24) is 10.0 Å². The summed E-state index contributed by atoms with van der Waals surface area (Å²) in [5, 5.41) is 11.3. The lowest BCUT2D eigenvalue weighted by molar-refractivity contribution is -0.384. The second-order valence-electron chi connectivity index (χ2n) is 9.17. The zero-order chi connectivity index (χ0) is 29.5. The summed E-state index contributed by atoms with van der Waals surface area (Å²) in [7, 11) is 0. The van der Waals surface area contributed by atoms with Gasteiger partial charge in [-0.25, -0.2) is 9.40 Å². The molecule has 0 unspecified atom stereocenters. The minimum Gasteiger partial charge on any atom is -0.292 e. The van der Waals surface area contributed by atoms with E-state index in [0.717, 1.165) is 48.5 Å². The van der Waals surface area contributed by atoms with Gasteiger partial charge in [0, 0.05) is 23.3 Å². The molecule has 1 saturated carbocycles. The van der Waals surface area contributed by atoms with Crippen LogP contribution in [0.3, 0.4) is 0 Å². The van der Waals surface area contributed by atoms with Crippen LogP contribution in [-0.2, 0) is 9.59 Å². The number of amides is 3. The summed E-state index contributed by atoms with van der Waals surface area (Å²) < 4.78 is 11.2. The van der Waals surface area contributed by atoms with Crippen LogP contribution < -0.4 is 0 Å². The maximum atomic E-state index is 13.8. The Labute approximate surface area is 254 Å². The number of nitro groups is 1. The van der Waals surface area contributed by atoms with Gasteiger partial charge in [-0.1, -0.05) is 46.4 Å². The molecule has 9 nitrogen and oxygen atoms in total. The maximum absolute atomic E-state index is 13.8. The summed E-state index contributed by atoms with van der Waals surface area (Å²) in [6.45, 7) is -0.884. The average molecular weight is 670 g/mol. The predicted molar refractivity (Wildman–Crippen MR) is 144 cm³/mol. The van der Waals surface area contributed by atoms with Crippen molar-refractivity contribution in [2.75, 3.05) is 6.54 Å². The van der Waals surface area contributed by atoms with Crippen LogP contribution in [0.4, 0.5) is 10.1 Å². The lowest BCUT2D eigenvalue weighted by Gasteiger charge is -2.36. The van der Waals surface area contributed by atoms with Gasteiger partial charge in [-0.15, -0.1) is 23.2 Å². The van der Waals surface area contributed by atoms with Crippen LogP contribution in [0.15, 0.2) is 58.6 Å². The van der Waals surface area contributed by atoms with Gasteiger partial charge in [0.05, 0.1) is 26.8 Å². The Balaban J connectivity index is 1.59. The van der Waals surface area contributed by atoms with Crippen molar-refractivity contribution < 1.29 is 28.5 Å².